The van der Waals surface area contributed by atoms with Crippen LogP contribution in [0.15, 0.2) is 42.5 Å². The summed E-state index contributed by atoms with van der Waals surface area (Å²) >= 11 is 0. The second-order valence-corrected chi connectivity index (χ2v) is 6.43. The molecule has 0 aliphatic carbocycles. The molecule has 0 fully saturated rings. The molecule has 3 aromatic carbocycles. The van der Waals surface area contributed by atoms with Gasteiger partial charge >= 0.3 is 0 Å². The van der Waals surface area contributed by atoms with Gasteiger partial charge in [-0.05, 0) is 42.0 Å². The molecule has 0 bridgehead atoms. The van der Waals surface area contributed by atoms with Crippen molar-refractivity contribution in [1.82, 2.24) is 4.57 Å². The first-order valence-electron chi connectivity index (χ1n) is 8.40. The van der Waals surface area contributed by atoms with Crippen molar-refractivity contribution in [2.24, 2.45) is 5.73 Å². The molecule has 0 aliphatic rings. The van der Waals surface area contributed by atoms with Crippen LogP contribution < -0.4 is 5.73 Å². The molecule has 1 aromatic heterocycles. The smallest absolute Gasteiger partial charge is 0.249 e. The zero-order valence-corrected chi connectivity index (χ0v) is 14.5. The summed E-state index contributed by atoms with van der Waals surface area (Å²) in [5.74, 6) is -3.95. The number of carbonyl (C=O) groups excluding carboxylic acids is 1. The molecule has 3 N–H and O–H groups in total. The summed E-state index contributed by atoms with van der Waals surface area (Å²) in [6, 6.07) is 12.5. The van der Waals surface area contributed by atoms with Crippen LogP contribution in [0.3, 0.4) is 0 Å². The van der Waals surface area contributed by atoms with Crippen LogP contribution in [-0.4, -0.2) is 15.6 Å². The molecule has 141 valence electrons. The Bertz CT molecular complexity index is 1250. The highest BCUT2D eigenvalue weighted by atomic mass is 19.2. The lowest BCUT2D eigenvalue weighted by atomic mass is 10.0. The predicted octanol–water partition coefficient (Wildman–Crippen LogP) is 3.65. The van der Waals surface area contributed by atoms with Crippen molar-refractivity contribution in [3.05, 3.63) is 82.7 Å². The van der Waals surface area contributed by atoms with E-state index in [2.05, 4.69) is 6.07 Å². The van der Waals surface area contributed by atoms with Crippen molar-refractivity contribution in [1.29, 1.82) is 0 Å². The number of aliphatic hydroxyl groups excluding tert-OH is 1. The maximum atomic E-state index is 14.2. The second kappa shape index (κ2) is 6.69. The van der Waals surface area contributed by atoms with Gasteiger partial charge in [0.1, 0.15) is 5.82 Å². The molecule has 1 heterocycles. The molecule has 28 heavy (non-hydrogen) atoms. The first kappa shape index (κ1) is 18.1. The standard InChI is InChI=1S/C21H14F3N2O2/c22-15-8-17(24)16(23)7-12(15)9-26-18-3-1-2-14(21(25)28)20(18)13-5-4-11(10-27)6-19(13)26/h1-4,6-8,27H,9-10H2,(H2,25,28). The summed E-state index contributed by atoms with van der Waals surface area (Å²) in [6.07, 6.45) is 0. The highest BCUT2D eigenvalue weighted by molar-refractivity contribution is 6.17. The average molecular weight is 383 g/mol. The first-order chi connectivity index (χ1) is 13.4. The minimum atomic E-state index is -1.27. The molecular formula is C21H14F3N2O2. The number of carbonyl (C=O) groups is 1. The average Bonchev–Trinajstić information content (AvgIpc) is 2.99. The van der Waals surface area contributed by atoms with Gasteiger partial charge in [-0.15, -0.1) is 0 Å². The summed E-state index contributed by atoms with van der Waals surface area (Å²) in [7, 11) is 0. The van der Waals surface area contributed by atoms with E-state index in [1.165, 1.54) is 0 Å². The number of amides is 1. The third-order valence-electron chi connectivity index (χ3n) is 4.72. The quantitative estimate of drug-likeness (QED) is 0.528. The van der Waals surface area contributed by atoms with Gasteiger partial charge in [0, 0.05) is 28.0 Å². The van der Waals surface area contributed by atoms with Crippen molar-refractivity contribution >= 4 is 27.7 Å². The van der Waals surface area contributed by atoms with Gasteiger partial charge in [0.15, 0.2) is 11.6 Å². The summed E-state index contributed by atoms with van der Waals surface area (Å²) in [4.78, 5) is 11.9. The van der Waals surface area contributed by atoms with E-state index in [1.807, 2.05) is 0 Å². The molecule has 0 atom stereocenters. The molecule has 0 unspecified atom stereocenters. The highest BCUT2D eigenvalue weighted by Gasteiger charge is 2.19. The predicted molar refractivity (Wildman–Crippen MR) is 98.1 cm³/mol. The van der Waals surface area contributed by atoms with Crippen LogP contribution in [0.4, 0.5) is 13.2 Å². The largest absolute Gasteiger partial charge is 0.392 e. The molecule has 0 spiro atoms. The van der Waals surface area contributed by atoms with Gasteiger partial charge in [-0.2, -0.15) is 0 Å². The molecule has 1 radical (unpaired) electrons. The summed E-state index contributed by atoms with van der Waals surface area (Å²) < 4.78 is 42.8. The number of fused-ring (bicyclic) bond motifs is 3. The number of aliphatic hydroxyl groups is 1. The van der Waals surface area contributed by atoms with Crippen molar-refractivity contribution in [2.75, 3.05) is 0 Å². The van der Waals surface area contributed by atoms with Gasteiger partial charge in [-0.25, -0.2) is 13.2 Å². The first-order valence-corrected chi connectivity index (χ1v) is 8.40. The fourth-order valence-corrected chi connectivity index (χ4v) is 3.42. The third-order valence-corrected chi connectivity index (χ3v) is 4.72. The maximum absolute atomic E-state index is 14.2. The van der Waals surface area contributed by atoms with Crippen LogP contribution in [0.2, 0.25) is 0 Å². The molecule has 1 amide bonds. The Morgan fingerprint density at radius 2 is 1.82 bits per heavy atom. The van der Waals surface area contributed by atoms with Gasteiger partial charge in [-0.1, -0.05) is 6.07 Å². The number of hydrogen-bond donors (Lipinski definition) is 2. The SMILES string of the molecule is NC(=O)c1cccc2c1c1[c]cc(CO)cc1n2Cc1cc(F)c(F)cc1F. The molecule has 4 nitrogen and oxygen atoms in total. The van der Waals surface area contributed by atoms with Crippen LogP contribution in [0.5, 0.6) is 0 Å². The third kappa shape index (κ3) is 2.80. The van der Waals surface area contributed by atoms with Crippen molar-refractivity contribution in [3.8, 4) is 0 Å². The van der Waals surface area contributed by atoms with Crippen molar-refractivity contribution < 1.29 is 23.1 Å². The van der Waals surface area contributed by atoms with E-state index >= 15 is 0 Å². The molecule has 0 saturated carbocycles. The lowest BCUT2D eigenvalue weighted by Crippen LogP contribution is -2.11. The molecule has 4 aromatic rings. The van der Waals surface area contributed by atoms with Crippen LogP contribution in [0, 0.1) is 23.5 Å². The van der Waals surface area contributed by atoms with Gasteiger partial charge in [0.25, 0.3) is 0 Å². The van der Waals surface area contributed by atoms with E-state index in [4.69, 9.17) is 5.73 Å². The van der Waals surface area contributed by atoms with Crippen LogP contribution in [0.1, 0.15) is 21.5 Å². The Morgan fingerprint density at radius 1 is 1.07 bits per heavy atom. The fraction of sp³-hybridized carbons (Fsp3) is 0.0952. The topological polar surface area (TPSA) is 68.2 Å². The number of rotatable bonds is 4. The minimum absolute atomic E-state index is 0.0587. The Hall–Kier alpha value is -3.32. The number of benzene rings is 3. The van der Waals surface area contributed by atoms with Crippen LogP contribution in [0.25, 0.3) is 21.8 Å². The molecular weight excluding hydrogens is 369 g/mol. The van der Waals surface area contributed by atoms with Crippen molar-refractivity contribution in [3.63, 3.8) is 0 Å². The lowest BCUT2D eigenvalue weighted by molar-refractivity contribution is 0.100. The van der Waals surface area contributed by atoms with E-state index in [9.17, 15) is 23.1 Å². The summed E-state index contributed by atoms with van der Waals surface area (Å²) in [5.41, 5.74) is 7.37. The fourth-order valence-electron chi connectivity index (χ4n) is 3.42. The van der Waals surface area contributed by atoms with Gasteiger partial charge < -0.3 is 15.4 Å². The van der Waals surface area contributed by atoms with Gasteiger partial charge in [-0.3, -0.25) is 4.79 Å². The molecule has 0 aliphatic heterocycles. The van der Waals surface area contributed by atoms with Gasteiger partial charge in [0.2, 0.25) is 5.91 Å². The zero-order valence-electron chi connectivity index (χ0n) is 14.5. The van der Waals surface area contributed by atoms with Crippen LogP contribution in [-0.2, 0) is 13.2 Å². The number of hydrogen-bond acceptors (Lipinski definition) is 2. The lowest BCUT2D eigenvalue weighted by Gasteiger charge is -2.10. The van der Waals surface area contributed by atoms with Gasteiger partial charge in [0.05, 0.1) is 24.2 Å². The zero-order chi connectivity index (χ0) is 20.0. The molecule has 7 heteroatoms. The normalized spacial score (nSPS) is 11.4. The highest BCUT2D eigenvalue weighted by Crippen LogP contribution is 2.33. The van der Waals surface area contributed by atoms with Crippen molar-refractivity contribution in [2.45, 2.75) is 13.2 Å². The number of nitrogens with two attached hydrogens (primary N) is 1. The molecule has 0 saturated heterocycles. The number of primary amides is 1. The summed E-state index contributed by atoms with van der Waals surface area (Å²) in [5, 5.41) is 10.5. The number of aromatic nitrogens is 1. The Kier molecular flexibility index (Phi) is 4.31. The summed E-state index contributed by atoms with van der Waals surface area (Å²) in [6.45, 7) is -0.357. The van der Waals surface area contributed by atoms with E-state index in [-0.39, 0.29) is 24.3 Å². The second-order valence-electron chi connectivity index (χ2n) is 6.43. The number of nitrogens with zero attached hydrogens (tertiary/aromatic N) is 1. The van der Waals surface area contributed by atoms with Crippen LogP contribution >= 0.6 is 0 Å². The van der Waals surface area contributed by atoms with E-state index < -0.39 is 23.4 Å². The molecule has 4 rings (SSSR count). The number of halogens is 3. The van der Waals surface area contributed by atoms with E-state index in [0.717, 1.165) is 6.07 Å². The Balaban J connectivity index is 2.04. The maximum Gasteiger partial charge on any atom is 0.249 e. The monoisotopic (exact) mass is 383 g/mol. The minimum Gasteiger partial charge on any atom is -0.392 e. The van der Waals surface area contributed by atoms with E-state index in [0.29, 0.717) is 33.4 Å². The Morgan fingerprint density at radius 3 is 2.54 bits per heavy atom. The Labute approximate surface area is 157 Å². The van der Waals surface area contributed by atoms with E-state index in [1.54, 1.807) is 34.9 Å².